The Morgan fingerprint density at radius 3 is 2.50 bits per heavy atom. The molecule has 1 aromatic carbocycles. The molecule has 0 unspecified atom stereocenters. The molecule has 0 saturated carbocycles. The van der Waals surface area contributed by atoms with Gasteiger partial charge in [0.1, 0.15) is 5.69 Å². The first-order valence-corrected chi connectivity index (χ1v) is 5.89. The summed E-state index contributed by atoms with van der Waals surface area (Å²) in [5, 5.41) is 15.4. The fourth-order valence-corrected chi connectivity index (χ4v) is 1.39. The Hall–Kier alpha value is -2.48. The van der Waals surface area contributed by atoms with Crippen LogP contribution in [0.5, 0.6) is 0 Å². The highest BCUT2D eigenvalue weighted by Gasteiger charge is 2.18. The van der Waals surface area contributed by atoms with E-state index in [4.69, 9.17) is 0 Å². The third-order valence-electron chi connectivity index (χ3n) is 2.40. The van der Waals surface area contributed by atoms with Crippen molar-refractivity contribution in [2.45, 2.75) is 0 Å². The Kier molecular flexibility index (Phi) is 5.60. The topological polar surface area (TPSA) is 105 Å². The highest BCUT2D eigenvalue weighted by Crippen LogP contribution is 2.22. The zero-order valence-electron chi connectivity index (χ0n) is 11.3. The van der Waals surface area contributed by atoms with Crippen molar-refractivity contribution in [3.8, 4) is 0 Å². The van der Waals surface area contributed by atoms with Gasteiger partial charge in [-0.1, -0.05) is 12.1 Å². The van der Waals surface area contributed by atoms with Gasteiger partial charge in [0, 0.05) is 19.2 Å². The monoisotopic (exact) mass is 280 g/mol. The SMILES string of the molecule is CN(C)CCNC(=O)C(=O)Nc1ccccc1[N+](=O)[O-]. The number of hydrogen-bond donors (Lipinski definition) is 2. The van der Waals surface area contributed by atoms with Gasteiger partial charge in [-0.05, 0) is 20.2 Å². The second kappa shape index (κ2) is 7.19. The molecule has 2 N–H and O–H groups in total. The van der Waals surface area contributed by atoms with Gasteiger partial charge in [-0.15, -0.1) is 0 Å². The summed E-state index contributed by atoms with van der Waals surface area (Å²) in [6.07, 6.45) is 0. The number of para-hydroxylation sites is 2. The summed E-state index contributed by atoms with van der Waals surface area (Å²) in [6.45, 7) is 0.903. The van der Waals surface area contributed by atoms with Crippen LogP contribution in [-0.2, 0) is 9.59 Å². The first-order chi connectivity index (χ1) is 9.41. The quantitative estimate of drug-likeness (QED) is 0.456. The number of nitro benzene ring substituents is 1. The van der Waals surface area contributed by atoms with Crippen molar-refractivity contribution in [2.24, 2.45) is 0 Å². The normalized spacial score (nSPS) is 10.2. The van der Waals surface area contributed by atoms with Crippen LogP contribution in [0.2, 0.25) is 0 Å². The van der Waals surface area contributed by atoms with E-state index in [0.29, 0.717) is 13.1 Å². The molecule has 0 bridgehead atoms. The minimum absolute atomic E-state index is 0.00902. The summed E-state index contributed by atoms with van der Waals surface area (Å²) in [7, 11) is 3.67. The molecule has 0 aliphatic carbocycles. The molecule has 8 heteroatoms. The second-order valence-electron chi connectivity index (χ2n) is 4.29. The first kappa shape index (κ1) is 15.6. The molecule has 1 rings (SSSR count). The Morgan fingerprint density at radius 2 is 1.90 bits per heavy atom. The van der Waals surface area contributed by atoms with Crippen molar-refractivity contribution in [1.29, 1.82) is 0 Å². The number of rotatable bonds is 5. The van der Waals surface area contributed by atoms with Crippen molar-refractivity contribution >= 4 is 23.2 Å². The molecule has 2 amide bonds. The molecule has 0 radical (unpaired) electrons. The van der Waals surface area contributed by atoms with Gasteiger partial charge in [-0.25, -0.2) is 0 Å². The number of carbonyl (C=O) groups excluding carboxylic acids is 2. The number of nitro groups is 1. The van der Waals surface area contributed by atoms with Gasteiger partial charge in [0.2, 0.25) is 0 Å². The van der Waals surface area contributed by atoms with Crippen molar-refractivity contribution < 1.29 is 14.5 Å². The third kappa shape index (κ3) is 4.65. The van der Waals surface area contributed by atoms with Crippen LogP contribution in [-0.4, -0.2) is 48.8 Å². The van der Waals surface area contributed by atoms with Crippen molar-refractivity contribution in [2.75, 3.05) is 32.5 Å². The predicted molar refractivity (Wildman–Crippen MR) is 73.3 cm³/mol. The van der Waals surface area contributed by atoms with Gasteiger partial charge in [0.25, 0.3) is 5.69 Å². The lowest BCUT2D eigenvalue weighted by Crippen LogP contribution is -2.38. The van der Waals surface area contributed by atoms with Crippen LogP contribution < -0.4 is 10.6 Å². The molecule has 0 saturated heterocycles. The van der Waals surface area contributed by atoms with Crippen LogP contribution in [0.3, 0.4) is 0 Å². The van der Waals surface area contributed by atoms with E-state index in [2.05, 4.69) is 10.6 Å². The number of nitrogens with zero attached hydrogens (tertiary/aromatic N) is 2. The minimum atomic E-state index is -0.932. The zero-order valence-corrected chi connectivity index (χ0v) is 11.3. The molecular formula is C12H16N4O4. The summed E-state index contributed by atoms with van der Waals surface area (Å²) >= 11 is 0. The molecule has 0 atom stereocenters. The summed E-state index contributed by atoms with van der Waals surface area (Å²) in [6, 6.07) is 5.63. The summed E-state index contributed by atoms with van der Waals surface area (Å²) in [5.74, 6) is -1.76. The van der Waals surface area contributed by atoms with E-state index in [1.165, 1.54) is 24.3 Å². The van der Waals surface area contributed by atoms with E-state index in [9.17, 15) is 19.7 Å². The maximum atomic E-state index is 11.6. The van der Waals surface area contributed by atoms with E-state index in [-0.39, 0.29) is 11.4 Å². The number of hydrogen-bond acceptors (Lipinski definition) is 5. The molecule has 0 fully saturated rings. The Morgan fingerprint density at radius 1 is 1.25 bits per heavy atom. The lowest BCUT2D eigenvalue weighted by molar-refractivity contribution is -0.383. The van der Waals surface area contributed by atoms with Gasteiger partial charge < -0.3 is 15.5 Å². The zero-order chi connectivity index (χ0) is 15.1. The van der Waals surface area contributed by atoms with Gasteiger partial charge in [-0.2, -0.15) is 0 Å². The summed E-state index contributed by atoms with van der Waals surface area (Å²) in [5.41, 5.74) is -0.271. The largest absolute Gasteiger partial charge is 0.347 e. The predicted octanol–water partition coefficient (Wildman–Crippen LogP) is 0.211. The average molecular weight is 280 g/mol. The number of benzene rings is 1. The number of amides is 2. The van der Waals surface area contributed by atoms with Crippen LogP contribution >= 0.6 is 0 Å². The molecular weight excluding hydrogens is 264 g/mol. The Bertz CT molecular complexity index is 516. The van der Waals surface area contributed by atoms with Crippen molar-refractivity contribution in [1.82, 2.24) is 10.2 Å². The van der Waals surface area contributed by atoms with Gasteiger partial charge in [-0.3, -0.25) is 19.7 Å². The van der Waals surface area contributed by atoms with E-state index in [0.717, 1.165) is 0 Å². The van der Waals surface area contributed by atoms with E-state index in [1.54, 1.807) is 0 Å². The number of carbonyl (C=O) groups is 2. The molecule has 108 valence electrons. The highest BCUT2D eigenvalue weighted by molar-refractivity contribution is 6.39. The van der Waals surface area contributed by atoms with Crippen LogP contribution in [0, 0.1) is 10.1 Å². The molecule has 1 aromatic rings. The van der Waals surface area contributed by atoms with Crippen LogP contribution in [0.1, 0.15) is 0 Å². The summed E-state index contributed by atoms with van der Waals surface area (Å²) < 4.78 is 0. The molecule has 0 aromatic heterocycles. The average Bonchev–Trinajstić information content (AvgIpc) is 2.38. The molecule has 20 heavy (non-hydrogen) atoms. The van der Waals surface area contributed by atoms with Crippen molar-refractivity contribution in [3.05, 3.63) is 34.4 Å². The molecule has 8 nitrogen and oxygen atoms in total. The lowest BCUT2D eigenvalue weighted by Gasteiger charge is -2.10. The maximum absolute atomic E-state index is 11.6. The first-order valence-electron chi connectivity index (χ1n) is 5.89. The van der Waals surface area contributed by atoms with Crippen molar-refractivity contribution in [3.63, 3.8) is 0 Å². The van der Waals surface area contributed by atoms with Crippen LogP contribution in [0.4, 0.5) is 11.4 Å². The molecule has 0 aliphatic rings. The van der Waals surface area contributed by atoms with Gasteiger partial charge >= 0.3 is 11.8 Å². The van der Waals surface area contributed by atoms with Gasteiger partial charge in [0.15, 0.2) is 0 Å². The van der Waals surface area contributed by atoms with Crippen LogP contribution in [0.25, 0.3) is 0 Å². The lowest BCUT2D eigenvalue weighted by atomic mass is 10.2. The second-order valence-corrected chi connectivity index (χ2v) is 4.29. The fraction of sp³-hybridized carbons (Fsp3) is 0.333. The highest BCUT2D eigenvalue weighted by atomic mass is 16.6. The standard InChI is InChI=1S/C12H16N4O4/c1-15(2)8-7-13-11(17)12(18)14-9-5-3-4-6-10(9)16(19)20/h3-6H,7-8H2,1-2H3,(H,13,17)(H,14,18). The number of likely N-dealkylation sites (N-methyl/N-ethyl adjacent to an activating group) is 1. The fourth-order valence-electron chi connectivity index (χ4n) is 1.39. The van der Waals surface area contributed by atoms with E-state index in [1.807, 2.05) is 19.0 Å². The maximum Gasteiger partial charge on any atom is 0.313 e. The molecule has 0 spiro atoms. The minimum Gasteiger partial charge on any atom is -0.347 e. The molecule has 0 heterocycles. The van der Waals surface area contributed by atoms with E-state index >= 15 is 0 Å². The van der Waals surface area contributed by atoms with Gasteiger partial charge in [0.05, 0.1) is 4.92 Å². The Labute approximate surface area is 115 Å². The number of anilines is 1. The number of nitrogens with one attached hydrogen (secondary N) is 2. The summed E-state index contributed by atoms with van der Waals surface area (Å²) in [4.78, 5) is 35.1. The smallest absolute Gasteiger partial charge is 0.313 e. The van der Waals surface area contributed by atoms with E-state index < -0.39 is 16.7 Å². The molecule has 0 aliphatic heterocycles. The van der Waals surface area contributed by atoms with Crippen LogP contribution in [0.15, 0.2) is 24.3 Å². The third-order valence-corrected chi connectivity index (χ3v) is 2.40. The Balaban J connectivity index is 2.62.